The van der Waals surface area contributed by atoms with Crippen LogP contribution in [0.1, 0.15) is 46.0 Å². The molecule has 2 rings (SSSR count). The fourth-order valence-corrected chi connectivity index (χ4v) is 3.37. The summed E-state index contributed by atoms with van der Waals surface area (Å²) in [6, 6.07) is 1.63. The van der Waals surface area contributed by atoms with Gasteiger partial charge in [-0.1, -0.05) is 13.8 Å². The zero-order chi connectivity index (χ0) is 11.5. The first-order chi connectivity index (χ1) is 7.68. The van der Waals surface area contributed by atoms with Crippen LogP contribution in [0.25, 0.3) is 0 Å². The summed E-state index contributed by atoms with van der Waals surface area (Å²) < 4.78 is 0. The Morgan fingerprint density at radius 3 is 2.44 bits per heavy atom. The first kappa shape index (κ1) is 12.4. The Bertz CT molecular complexity index is 211. The van der Waals surface area contributed by atoms with Crippen LogP contribution in [0, 0.1) is 11.8 Å². The van der Waals surface area contributed by atoms with Crippen LogP contribution in [0.4, 0.5) is 0 Å². The average Bonchev–Trinajstić information content (AvgIpc) is 2.33. The fourth-order valence-electron chi connectivity index (χ4n) is 3.37. The largest absolute Gasteiger partial charge is 0.315 e. The molecule has 1 N–H and O–H groups in total. The number of nitrogens with one attached hydrogen (secondary N) is 1. The molecule has 94 valence electrons. The van der Waals surface area contributed by atoms with Crippen LogP contribution in [-0.4, -0.2) is 37.1 Å². The Kier molecular flexibility index (Phi) is 4.26. The van der Waals surface area contributed by atoms with Crippen molar-refractivity contribution in [2.75, 3.05) is 20.1 Å². The molecule has 4 atom stereocenters. The molecular weight excluding hydrogens is 196 g/mol. The summed E-state index contributed by atoms with van der Waals surface area (Å²) in [7, 11) is 2.35. The summed E-state index contributed by atoms with van der Waals surface area (Å²) in [4.78, 5) is 2.68. The lowest BCUT2D eigenvalue weighted by Crippen LogP contribution is -2.50. The Morgan fingerprint density at radius 2 is 1.81 bits per heavy atom. The van der Waals surface area contributed by atoms with E-state index < -0.39 is 0 Å². The lowest BCUT2D eigenvalue weighted by atomic mass is 9.78. The van der Waals surface area contributed by atoms with Gasteiger partial charge in [0.05, 0.1) is 0 Å². The molecule has 0 aromatic carbocycles. The molecule has 1 saturated heterocycles. The molecular formula is C14H28N2. The van der Waals surface area contributed by atoms with E-state index in [1.54, 1.807) is 0 Å². The topological polar surface area (TPSA) is 15.3 Å². The van der Waals surface area contributed by atoms with E-state index in [1.165, 1.54) is 45.2 Å². The van der Waals surface area contributed by atoms with E-state index in [0.717, 1.165) is 23.9 Å². The van der Waals surface area contributed by atoms with Crippen LogP contribution in [0.2, 0.25) is 0 Å². The van der Waals surface area contributed by atoms with Crippen molar-refractivity contribution in [1.82, 2.24) is 10.2 Å². The molecule has 1 heterocycles. The average molecular weight is 224 g/mol. The van der Waals surface area contributed by atoms with Gasteiger partial charge in [0.25, 0.3) is 0 Å². The zero-order valence-electron chi connectivity index (χ0n) is 11.2. The first-order valence-corrected chi connectivity index (χ1v) is 7.11. The highest BCUT2D eigenvalue weighted by Crippen LogP contribution is 2.32. The Hall–Kier alpha value is -0.0800. The molecule has 0 spiro atoms. The SMILES string of the molecule is CC1CCC(N(C)C2CCCNC2)CC1C. The number of hydrogen-bond donors (Lipinski definition) is 1. The van der Waals surface area contributed by atoms with E-state index in [9.17, 15) is 0 Å². The Morgan fingerprint density at radius 1 is 1.00 bits per heavy atom. The minimum atomic E-state index is 0.791. The molecule has 2 heteroatoms. The number of piperidine rings is 1. The molecule has 0 bridgehead atoms. The van der Waals surface area contributed by atoms with E-state index in [2.05, 4.69) is 31.1 Å². The summed E-state index contributed by atoms with van der Waals surface area (Å²) in [5.41, 5.74) is 0. The van der Waals surface area contributed by atoms with Crippen LogP contribution in [-0.2, 0) is 0 Å². The summed E-state index contributed by atoms with van der Waals surface area (Å²) in [6.07, 6.45) is 7.00. The minimum absolute atomic E-state index is 0.791. The second-order valence-corrected chi connectivity index (χ2v) is 6.09. The van der Waals surface area contributed by atoms with Crippen LogP contribution < -0.4 is 5.32 Å². The third-order valence-electron chi connectivity index (χ3n) is 4.99. The molecule has 2 nitrogen and oxygen atoms in total. The first-order valence-electron chi connectivity index (χ1n) is 7.11. The third-order valence-corrected chi connectivity index (χ3v) is 4.99. The van der Waals surface area contributed by atoms with Crippen LogP contribution in [0.5, 0.6) is 0 Å². The second kappa shape index (κ2) is 5.50. The van der Waals surface area contributed by atoms with Gasteiger partial charge in [-0.25, -0.2) is 0 Å². The van der Waals surface area contributed by atoms with Gasteiger partial charge in [0, 0.05) is 18.6 Å². The molecule has 0 radical (unpaired) electrons. The van der Waals surface area contributed by atoms with E-state index in [4.69, 9.17) is 0 Å². The minimum Gasteiger partial charge on any atom is -0.315 e. The molecule has 0 aromatic rings. The molecule has 1 saturated carbocycles. The van der Waals surface area contributed by atoms with Gasteiger partial charge >= 0.3 is 0 Å². The van der Waals surface area contributed by atoms with Crippen molar-refractivity contribution in [2.24, 2.45) is 11.8 Å². The second-order valence-electron chi connectivity index (χ2n) is 6.09. The predicted molar refractivity (Wildman–Crippen MR) is 69.6 cm³/mol. The van der Waals surface area contributed by atoms with Crippen molar-refractivity contribution in [3.63, 3.8) is 0 Å². The van der Waals surface area contributed by atoms with E-state index in [0.29, 0.717) is 0 Å². The van der Waals surface area contributed by atoms with Gasteiger partial charge in [-0.3, -0.25) is 4.90 Å². The van der Waals surface area contributed by atoms with Crippen molar-refractivity contribution in [1.29, 1.82) is 0 Å². The highest BCUT2D eigenvalue weighted by atomic mass is 15.2. The summed E-state index contributed by atoms with van der Waals surface area (Å²) >= 11 is 0. The van der Waals surface area contributed by atoms with Gasteiger partial charge in [-0.05, 0) is 57.5 Å². The van der Waals surface area contributed by atoms with Crippen LogP contribution in [0.3, 0.4) is 0 Å². The lowest BCUT2D eigenvalue weighted by molar-refractivity contribution is 0.0839. The third kappa shape index (κ3) is 2.78. The monoisotopic (exact) mass is 224 g/mol. The summed E-state index contributed by atoms with van der Waals surface area (Å²) in [5, 5.41) is 3.53. The van der Waals surface area contributed by atoms with Gasteiger partial charge < -0.3 is 5.32 Å². The van der Waals surface area contributed by atoms with E-state index in [1.807, 2.05) is 0 Å². The van der Waals surface area contributed by atoms with Crippen molar-refractivity contribution in [3.05, 3.63) is 0 Å². The van der Waals surface area contributed by atoms with E-state index in [-0.39, 0.29) is 0 Å². The predicted octanol–water partition coefficient (Wildman–Crippen LogP) is 2.49. The number of likely N-dealkylation sites (N-methyl/N-ethyl adjacent to an activating group) is 1. The molecule has 1 aliphatic heterocycles. The smallest absolute Gasteiger partial charge is 0.0221 e. The number of hydrogen-bond acceptors (Lipinski definition) is 2. The highest BCUT2D eigenvalue weighted by molar-refractivity contribution is 4.86. The van der Waals surface area contributed by atoms with Crippen LogP contribution in [0.15, 0.2) is 0 Å². The van der Waals surface area contributed by atoms with Gasteiger partial charge in [-0.2, -0.15) is 0 Å². The molecule has 0 aromatic heterocycles. The maximum Gasteiger partial charge on any atom is 0.0221 e. The lowest BCUT2D eigenvalue weighted by Gasteiger charge is -2.42. The van der Waals surface area contributed by atoms with Crippen molar-refractivity contribution in [3.8, 4) is 0 Å². The van der Waals surface area contributed by atoms with Crippen molar-refractivity contribution < 1.29 is 0 Å². The molecule has 4 unspecified atom stereocenters. The van der Waals surface area contributed by atoms with Crippen molar-refractivity contribution >= 4 is 0 Å². The Balaban J connectivity index is 1.86. The van der Waals surface area contributed by atoms with Crippen LogP contribution >= 0.6 is 0 Å². The Labute approximate surface area is 101 Å². The molecule has 0 amide bonds. The number of rotatable bonds is 2. The van der Waals surface area contributed by atoms with Gasteiger partial charge in [0.1, 0.15) is 0 Å². The van der Waals surface area contributed by atoms with E-state index >= 15 is 0 Å². The standard InChI is InChI=1S/C14H28N2/c1-11-6-7-13(9-12(11)2)16(3)14-5-4-8-15-10-14/h11-15H,4-10H2,1-3H3. The van der Waals surface area contributed by atoms with Gasteiger partial charge in [0.15, 0.2) is 0 Å². The fraction of sp³-hybridized carbons (Fsp3) is 1.00. The van der Waals surface area contributed by atoms with Gasteiger partial charge in [0.2, 0.25) is 0 Å². The summed E-state index contributed by atoms with van der Waals surface area (Å²) in [5.74, 6) is 1.85. The number of nitrogens with zero attached hydrogens (tertiary/aromatic N) is 1. The highest BCUT2D eigenvalue weighted by Gasteiger charge is 2.30. The molecule has 1 aliphatic carbocycles. The van der Waals surface area contributed by atoms with Gasteiger partial charge in [-0.15, -0.1) is 0 Å². The maximum absolute atomic E-state index is 3.53. The molecule has 16 heavy (non-hydrogen) atoms. The molecule has 2 fully saturated rings. The van der Waals surface area contributed by atoms with Crippen molar-refractivity contribution in [2.45, 2.75) is 58.0 Å². The summed E-state index contributed by atoms with van der Waals surface area (Å²) in [6.45, 7) is 7.28. The maximum atomic E-state index is 3.53. The molecule has 2 aliphatic rings. The quantitative estimate of drug-likeness (QED) is 0.775. The normalized spacial score (nSPS) is 41.2. The zero-order valence-corrected chi connectivity index (χ0v) is 11.2.